The summed E-state index contributed by atoms with van der Waals surface area (Å²) in [6, 6.07) is 18.6. The number of halogens is 2. The zero-order chi connectivity index (χ0) is 23.6. The molecule has 3 aromatic carbocycles. The molecular weight excluding hydrogens is 481 g/mol. The lowest BCUT2D eigenvalue weighted by Crippen LogP contribution is -2.41. The first-order valence-corrected chi connectivity index (χ1v) is 12.7. The van der Waals surface area contributed by atoms with Crippen LogP contribution >= 0.6 is 23.2 Å². The monoisotopic (exact) mass is 503 g/mol. The molecule has 0 N–H and O–H groups in total. The van der Waals surface area contributed by atoms with Gasteiger partial charge in [0.15, 0.2) is 0 Å². The lowest BCUT2D eigenvalue weighted by Gasteiger charge is -2.36. The van der Waals surface area contributed by atoms with Gasteiger partial charge < -0.3 is 4.74 Å². The van der Waals surface area contributed by atoms with Crippen LogP contribution < -0.4 is 0 Å². The molecule has 0 aliphatic carbocycles. The highest BCUT2D eigenvalue weighted by molar-refractivity contribution is 7.89. The summed E-state index contributed by atoms with van der Waals surface area (Å²) in [5.74, 6) is -0.508. The second-order valence-corrected chi connectivity index (χ2v) is 10.7. The van der Waals surface area contributed by atoms with E-state index in [4.69, 9.17) is 27.9 Å². The molecule has 0 aromatic heterocycles. The summed E-state index contributed by atoms with van der Waals surface area (Å²) < 4.78 is 33.9. The molecule has 3 aromatic rings. The van der Waals surface area contributed by atoms with Gasteiger partial charge in [0.05, 0.1) is 17.4 Å². The first kappa shape index (κ1) is 23.8. The fourth-order valence-corrected chi connectivity index (χ4v) is 6.06. The highest BCUT2D eigenvalue weighted by Crippen LogP contribution is 2.36. The van der Waals surface area contributed by atoms with E-state index in [1.54, 1.807) is 42.5 Å². The second kappa shape index (κ2) is 9.85. The summed E-state index contributed by atoms with van der Waals surface area (Å²) in [5, 5.41) is 0.896. The number of carbonyl (C=O) groups is 1. The predicted molar refractivity (Wildman–Crippen MR) is 129 cm³/mol. The Bertz CT molecular complexity index is 1280. The highest BCUT2D eigenvalue weighted by atomic mass is 35.5. The predicted octanol–water partition coefficient (Wildman–Crippen LogP) is 5.72. The molecule has 8 heteroatoms. The van der Waals surface area contributed by atoms with Gasteiger partial charge in [-0.3, -0.25) is 4.79 Å². The van der Waals surface area contributed by atoms with Gasteiger partial charge in [-0.25, -0.2) is 8.42 Å². The van der Waals surface area contributed by atoms with E-state index in [1.807, 2.05) is 31.2 Å². The third kappa shape index (κ3) is 5.25. The van der Waals surface area contributed by atoms with Crippen LogP contribution in [0.5, 0.6) is 0 Å². The molecule has 0 saturated carbocycles. The molecule has 172 valence electrons. The molecule has 1 aliphatic heterocycles. The van der Waals surface area contributed by atoms with Gasteiger partial charge in [0.1, 0.15) is 6.61 Å². The molecule has 0 fully saturated rings. The van der Waals surface area contributed by atoms with Crippen LogP contribution in [-0.2, 0) is 32.6 Å². The fourth-order valence-electron chi connectivity index (χ4n) is 3.99. The Hall–Kier alpha value is -2.38. The summed E-state index contributed by atoms with van der Waals surface area (Å²) in [7, 11) is -3.81. The minimum absolute atomic E-state index is 0.0199. The minimum atomic E-state index is -3.81. The van der Waals surface area contributed by atoms with Crippen molar-refractivity contribution in [2.24, 2.45) is 0 Å². The molecule has 4 rings (SSSR count). The summed E-state index contributed by atoms with van der Waals surface area (Å²) in [5.41, 5.74) is 3.45. The number of sulfonamides is 1. The van der Waals surface area contributed by atoms with E-state index in [9.17, 15) is 13.2 Å². The van der Waals surface area contributed by atoms with Crippen molar-refractivity contribution in [3.05, 3.63) is 99.0 Å². The molecule has 0 bridgehead atoms. The van der Waals surface area contributed by atoms with Gasteiger partial charge in [0.2, 0.25) is 10.0 Å². The molecule has 0 spiro atoms. The molecule has 1 unspecified atom stereocenters. The van der Waals surface area contributed by atoms with Crippen molar-refractivity contribution < 1.29 is 17.9 Å². The fraction of sp³-hybridized carbons (Fsp3) is 0.240. The molecule has 33 heavy (non-hydrogen) atoms. The molecule has 0 amide bonds. The Kier molecular flexibility index (Phi) is 7.10. The number of nitrogens with zero attached hydrogens (tertiary/aromatic N) is 1. The molecule has 5 nitrogen and oxygen atoms in total. The van der Waals surface area contributed by atoms with Crippen molar-refractivity contribution in [2.75, 3.05) is 6.54 Å². The third-order valence-corrected chi connectivity index (χ3v) is 8.26. The number of carbonyl (C=O) groups excluding carboxylic acids is 1. The van der Waals surface area contributed by atoms with E-state index in [0.717, 1.165) is 16.7 Å². The maximum Gasteiger partial charge on any atom is 0.308 e. The Morgan fingerprint density at radius 2 is 1.79 bits per heavy atom. The average Bonchev–Trinajstić information content (AvgIpc) is 2.79. The zero-order valence-electron chi connectivity index (χ0n) is 18.0. The molecule has 0 radical (unpaired) electrons. The zero-order valence-corrected chi connectivity index (χ0v) is 20.3. The van der Waals surface area contributed by atoms with Crippen molar-refractivity contribution in [2.45, 2.75) is 37.3 Å². The van der Waals surface area contributed by atoms with Crippen molar-refractivity contribution in [3.63, 3.8) is 0 Å². The minimum Gasteiger partial charge on any atom is -0.461 e. The van der Waals surface area contributed by atoms with Gasteiger partial charge in [-0.15, -0.1) is 0 Å². The van der Waals surface area contributed by atoms with Gasteiger partial charge in [-0.05, 0) is 48.7 Å². The molecule has 1 atom stereocenters. The SMILES string of the molecule is Cc1ccc(S(=O)(=O)N2CCc3ccccc3C2CC(=O)OCc2ccc(Cl)cc2Cl)cc1. The number of hydrogen-bond donors (Lipinski definition) is 0. The third-order valence-electron chi connectivity index (χ3n) is 5.75. The maximum atomic E-state index is 13.5. The number of aryl methyl sites for hydroxylation is 1. The van der Waals surface area contributed by atoms with Crippen LogP contribution in [0.4, 0.5) is 0 Å². The lowest BCUT2D eigenvalue weighted by atomic mass is 9.92. The normalized spacial score (nSPS) is 16.3. The van der Waals surface area contributed by atoms with Crippen LogP contribution in [0.3, 0.4) is 0 Å². The standard InChI is InChI=1S/C25H23Cl2NO4S/c1-17-6-10-21(11-7-17)33(30,31)28-13-12-18-4-2-3-5-22(18)24(28)15-25(29)32-16-19-8-9-20(26)14-23(19)27/h2-11,14,24H,12-13,15-16H2,1H3. The van der Waals surface area contributed by atoms with Crippen LogP contribution in [0, 0.1) is 6.92 Å². The number of benzene rings is 3. The van der Waals surface area contributed by atoms with Crippen molar-refractivity contribution in [1.82, 2.24) is 4.31 Å². The quantitative estimate of drug-likeness (QED) is 0.403. The molecular formula is C25H23Cl2NO4S. The van der Waals surface area contributed by atoms with E-state index in [-0.39, 0.29) is 24.5 Å². The van der Waals surface area contributed by atoms with Crippen LogP contribution in [0.15, 0.2) is 71.6 Å². The van der Waals surface area contributed by atoms with Crippen LogP contribution in [0.2, 0.25) is 10.0 Å². The summed E-state index contributed by atoms with van der Waals surface area (Å²) in [6.45, 7) is 2.17. The number of esters is 1. The van der Waals surface area contributed by atoms with Gasteiger partial charge in [-0.2, -0.15) is 4.31 Å². The number of ether oxygens (including phenoxy) is 1. The van der Waals surface area contributed by atoms with E-state index >= 15 is 0 Å². The Morgan fingerprint density at radius 3 is 2.52 bits per heavy atom. The van der Waals surface area contributed by atoms with Gasteiger partial charge in [0.25, 0.3) is 0 Å². The maximum absolute atomic E-state index is 13.5. The van der Waals surface area contributed by atoms with Crippen LogP contribution in [0.25, 0.3) is 0 Å². The first-order valence-electron chi connectivity index (χ1n) is 10.5. The van der Waals surface area contributed by atoms with Gasteiger partial charge >= 0.3 is 5.97 Å². The largest absolute Gasteiger partial charge is 0.461 e. The summed E-state index contributed by atoms with van der Waals surface area (Å²) in [4.78, 5) is 13.0. The van der Waals surface area contributed by atoms with Crippen LogP contribution in [0.1, 0.15) is 34.7 Å². The smallest absolute Gasteiger partial charge is 0.308 e. The molecule has 1 heterocycles. The summed E-state index contributed by atoms with van der Waals surface area (Å²) >= 11 is 12.1. The molecule has 1 aliphatic rings. The van der Waals surface area contributed by atoms with E-state index in [1.165, 1.54) is 4.31 Å². The Morgan fingerprint density at radius 1 is 1.06 bits per heavy atom. The van der Waals surface area contributed by atoms with Crippen molar-refractivity contribution in [1.29, 1.82) is 0 Å². The van der Waals surface area contributed by atoms with E-state index in [2.05, 4.69) is 0 Å². The van der Waals surface area contributed by atoms with Gasteiger partial charge in [-0.1, -0.05) is 71.2 Å². The topological polar surface area (TPSA) is 63.7 Å². The van der Waals surface area contributed by atoms with E-state index in [0.29, 0.717) is 22.0 Å². The van der Waals surface area contributed by atoms with Gasteiger partial charge in [0, 0.05) is 22.2 Å². The van der Waals surface area contributed by atoms with Crippen molar-refractivity contribution >= 4 is 39.2 Å². The average molecular weight is 504 g/mol. The van der Waals surface area contributed by atoms with Crippen molar-refractivity contribution in [3.8, 4) is 0 Å². The summed E-state index contributed by atoms with van der Waals surface area (Å²) in [6.07, 6.45) is 0.473. The highest BCUT2D eigenvalue weighted by Gasteiger charge is 2.37. The Balaban J connectivity index is 1.59. The first-order chi connectivity index (χ1) is 15.8. The van der Waals surface area contributed by atoms with E-state index < -0.39 is 22.0 Å². The second-order valence-electron chi connectivity index (χ2n) is 7.99. The number of hydrogen-bond acceptors (Lipinski definition) is 4. The number of fused-ring (bicyclic) bond motifs is 1. The van der Waals surface area contributed by atoms with Crippen LogP contribution in [-0.4, -0.2) is 25.2 Å². The lowest BCUT2D eigenvalue weighted by molar-refractivity contribution is -0.146. The molecule has 0 saturated heterocycles. The number of rotatable bonds is 6. The Labute approximate surface area is 203 Å².